The van der Waals surface area contributed by atoms with Crippen LogP contribution in [0.5, 0.6) is 0 Å². The molecule has 5 rings (SSSR count). The summed E-state index contributed by atoms with van der Waals surface area (Å²) < 4.78 is 33.0. The number of furan rings is 1. The van der Waals surface area contributed by atoms with E-state index in [-0.39, 0.29) is 10.5 Å². The van der Waals surface area contributed by atoms with Crippen LogP contribution in [0.4, 0.5) is 5.69 Å². The number of nitrogens with one attached hydrogen (secondary N) is 1. The van der Waals surface area contributed by atoms with Crippen molar-refractivity contribution in [3.05, 3.63) is 58.8 Å². The lowest BCUT2D eigenvalue weighted by Crippen LogP contribution is -2.22. The lowest BCUT2D eigenvalue weighted by Gasteiger charge is -2.15. The van der Waals surface area contributed by atoms with Gasteiger partial charge in [0.05, 0.1) is 10.5 Å². The van der Waals surface area contributed by atoms with Gasteiger partial charge in [0.25, 0.3) is 0 Å². The summed E-state index contributed by atoms with van der Waals surface area (Å²) in [4.78, 5) is 2.14. The molecule has 0 fully saturated rings. The van der Waals surface area contributed by atoms with Crippen molar-refractivity contribution in [2.24, 2.45) is 0 Å². The van der Waals surface area contributed by atoms with Gasteiger partial charge in [-0.25, -0.2) is 8.42 Å². The van der Waals surface area contributed by atoms with Crippen LogP contribution in [0.2, 0.25) is 0 Å². The molecular weight excluding hydrogens is 374 g/mol. The summed E-state index contributed by atoms with van der Waals surface area (Å²) in [5, 5.41) is 13.0. The zero-order valence-electron chi connectivity index (χ0n) is 15.4. The van der Waals surface area contributed by atoms with Gasteiger partial charge in [-0.1, -0.05) is 18.2 Å². The zero-order valence-corrected chi connectivity index (χ0v) is 16.2. The molecule has 1 atom stereocenters. The smallest absolute Gasteiger partial charge is 0.187 e. The molecule has 0 bridgehead atoms. The number of fused-ring (bicyclic) bond motifs is 4. The van der Waals surface area contributed by atoms with Gasteiger partial charge in [-0.2, -0.15) is 5.26 Å². The molecule has 0 aliphatic carbocycles. The third-order valence-corrected chi connectivity index (χ3v) is 7.78. The highest BCUT2D eigenvalue weighted by Crippen LogP contribution is 2.42. The Morgan fingerprint density at radius 1 is 1.29 bits per heavy atom. The van der Waals surface area contributed by atoms with Crippen molar-refractivity contribution < 1.29 is 12.8 Å². The Morgan fingerprint density at radius 3 is 2.93 bits per heavy atom. The number of likely N-dealkylation sites (N-methyl/N-ethyl adjacent to an activating group) is 1. The quantitative estimate of drug-likeness (QED) is 0.720. The van der Waals surface area contributed by atoms with E-state index in [1.807, 2.05) is 36.2 Å². The number of benzene rings is 2. The molecule has 0 spiro atoms. The van der Waals surface area contributed by atoms with Crippen LogP contribution in [0.25, 0.3) is 11.0 Å². The number of anilines is 1. The molecule has 2 aliphatic rings. The lowest BCUT2D eigenvalue weighted by atomic mass is 10.0. The van der Waals surface area contributed by atoms with Crippen molar-refractivity contribution >= 4 is 26.5 Å². The topological polar surface area (TPSA) is 86.3 Å². The Bertz CT molecular complexity index is 1250. The van der Waals surface area contributed by atoms with Crippen LogP contribution < -0.4 is 10.2 Å². The molecule has 0 radical (unpaired) electrons. The largest absolute Gasteiger partial charge is 0.459 e. The minimum absolute atomic E-state index is 0.181. The fraction of sp³-hybridized carbons (Fsp3) is 0.286. The molecule has 142 valence electrons. The van der Waals surface area contributed by atoms with Crippen LogP contribution in [-0.2, 0) is 22.8 Å². The number of sulfone groups is 1. The molecule has 6 nitrogen and oxygen atoms in total. The van der Waals surface area contributed by atoms with E-state index >= 15 is 0 Å². The van der Waals surface area contributed by atoms with Gasteiger partial charge in [0.1, 0.15) is 17.1 Å². The molecule has 28 heavy (non-hydrogen) atoms. The Morgan fingerprint density at radius 2 is 2.11 bits per heavy atom. The van der Waals surface area contributed by atoms with Gasteiger partial charge >= 0.3 is 0 Å². The lowest BCUT2D eigenvalue weighted by molar-refractivity contribution is 0.500. The average Bonchev–Trinajstić information content (AvgIpc) is 3.26. The van der Waals surface area contributed by atoms with Gasteiger partial charge in [0, 0.05) is 49.7 Å². The third kappa shape index (κ3) is 2.38. The van der Waals surface area contributed by atoms with Gasteiger partial charge in [-0.15, -0.1) is 0 Å². The number of nitriles is 1. The first-order chi connectivity index (χ1) is 13.5. The second kappa shape index (κ2) is 6.09. The van der Waals surface area contributed by atoms with E-state index in [9.17, 15) is 13.7 Å². The summed E-state index contributed by atoms with van der Waals surface area (Å²) in [6.07, 6.45) is 0.734. The van der Waals surface area contributed by atoms with E-state index in [1.54, 1.807) is 6.07 Å². The van der Waals surface area contributed by atoms with Crippen LogP contribution in [0.3, 0.4) is 0 Å². The van der Waals surface area contributed by atoms with Gasteiger partial charge in [-0.05, 0) is 23.8 Å². The van der Waals surface area contributed by atoms with Crippen molar-refractivity contribution in [1.82, 2.24) is 5.32 Å². The first-order valence-corrected chi connectivity index (χ1v) is 10.8. The maximum atomic E-state index is 13.6. The van der Waals surface area contributed by atoms with Gasteiger partial charge in [0.15, 0.2) is 15.4 Å². The minimum atomic E-state index is -3.67. The number of nitrogens with zero attached hydrogens (tertiary/aromatic N) is 2. The molecule has 3 heterocycles. The minimum Gasteiger partial charge on any atom is -0.459 e. The standard InChI is InChI=1S/C21H19N3O3S/c1-24-12-20(15-4-2-3-5-18(15)24)28(25,26)14-8-13(10-22)21-16(9-14)17-11-23-7-6-19(17)27-21/h2-5,8-9,20,23H,6-7,11-12H2,1H3. The van der Waals surface area contributed by atoms with Crippen LogP contribution in [0, 0.1) is 11.3 Å². The molecule has 7 heteroatoms. The second-order valence-corrected chi connectivity index (χ2v) is 9.49. The van der Waals surface area contributed by atoms with E-state index in [0.717, 1.165) is 40.9 Å². The highest BCUT2D eigenvalue weighted by atomic mass is 32.2. The van der Waals surface area contributed by atoms with Crippen molar-refractivity contribution in [2.45, 2.75) is 23.1 Å². The van der Waals surface area contributed by atoms with Gasteiger partial charge in [-0.3, -0.25) is 0 Å². The predicted octanol–water partition coefficient (Wildman–Crippen LogP) is 2.91. The van der Waals surface area contributed by atoms with Gasteiger partial charge in [0.2, 0.25) is 0 Å². The third-order valence-electron chi connectivity index (χ3n) is 5.74. The summed E-state index contributed by atoms with van der Waals surface area (Å²) >= 11 is 0. The fourth-order valence-corrected chi connectivity index (χ4v) is 6.16. The Labute approximate surface area is 163 Å². The normalized spacial score (nSPS) is 18.7. The van der Waals surface area contributed by atoms with E-state index in [2.05, 4.69) is 11.4 Å². The molecule has 1 aromatic heterocycles. The van der Waals surface area contributed by atoms with Crippen molar-refractivity contribution in [1.29, 1.82) is 5.26 Å². The number of hydrogen-bond acceptors (Lipinski definition) is 6. The van der Waals surface area contributed by atoms with Crippen LogP contribution in [-0.4, -0.2) is 28.6 Å². The summed E-state index contributed by atoms with van der Waals surface area (Å²) in [6, 6.07) is 12.8. The SMILES string of the molecule is CN1CC(S(=O)(=O)c2cc(C#N)c3oc4c(c3c2)CNCC4)c2ccccc21. The summed E-state index contributed by atoms with van der Waals surface area (Å²) in [7, 11) is -1.77. The molecular formula is C21H19N3O3S. The number of hydrogen-bond donors (Lipinski definition) is 1. The van der Waals surface area contributed by atoms with Crippen molar-refractivity contribution in [3.8, 4) is 6.07 Å². The predicted molar refractivity (Wildman–Crippen MR) is 106 cm³/mol. The van der Waals surface area contributed by atoms with Crippen molar-refractivity contribution in [2.75, 3.05) is 25.0 Å². The molecule has 2 aliphatic heterocycles. The second-order valence-electron chi connectivity index (χ2n) is 7.36. The van der Waals surface area contributed by atoms with Crippen LogP contribution in [0.15, 0.2) is 45.7 Å². The average molecular weight is 393 g/mol. The molecule has 1 N–H and O–H groups in total. The van der Waals surface area contributed by atoms with Crippen LogP contribution in [0.1, 0.15) is 27.7 Å². The highest BCUT2D eigenvalue weighted by molar-refractivity contribution is 7.91. The molecule has 0 amide bonds. The first kappa shape index (κ1) is 17.3. The number of rotatable bonds is 2. The maximum absolute atomic E-state index is 13.6. The molecule has 3 aromatic rings. The summed E-state index contributed by atoms with van der Waals surface area (Å²) in [5.41, 5.74) is 3.45. The Balaban J connectivity index is 1.70. The Kier molecular flexibility index (Phi) is 3.76. The molecule has 0 saturated carbocycles. The Hall–Kier alpha value is -2.82. The monoisotopic (exact) mass is 393 g/mol. The molecule has 1 unspecified atom stereocenters. The van der Waals surface area contributed by atoms with Gasteiger partial charge < -0.3 is 14.6 Å². The fourth-order valence-electron chi connectivity index (χ4n) is 4.31. The molecule has 0 saturated heterocycles. The summed E-state index contributed by atoms with van der Waals surface area (Å²) in [6.45, 7) is 1.82. The maximum Gasteiger partial charge on any atom is 0.187 e. The van der Waals surface area contributed by atoms with Crippen LogP contribution >= 0.6 is 0 Å². The van der Waals surface area contributed by atoms with E-state index < -0.39 is 15.1 Å². The van der Waals surface area contributed by atoms with Crippen molar-refractivity contribution in [3.63, 3.8) is 0 Å². The number of para-hydroxylation sites is 1. The van der Waals surface area contributed by atoms with E-state index in [4.69, 9.17) is 4.42 Å². The van der Waals surface area contributed by atoms with E-state index in [0.29, 0.717) is 18.7 Å². The first-order valence-electron chi connectivity index (χ1n) is 9.24. The highest BCUT2D eigenvalue weighted by Gasteiger charge is 2.38. The van der Waals surface area contributed by atoms with E-state index in [1.165, 1.54) is 6.07 Å². The zero-order chi connectivity index (χ0) is 19.5. The summed E-state index contributed by atoms with van der Waals surface area (Å²) in [5.74, 6) is 0.839. The molecule has 2 aromatic carbocycles.